The molecule has 1 aromatic carbocycles. The second kappa shape index (κ2) is 5.03. The monoisotopic (exact) mass is 293 g/mol. The summed E-state index contributed by atoms with van der Waals surface area (Å²) in [6.07, 6.45) is -3.91. The molecule has 106 valence electrons. The van der Waals surface area contributed by atoms with E-state index in [1.54, 1.807) is 0 Å². The molecule has 2 rings (SSSR count). The van der Waals surface area contributed by atoms with Crippen LogP contribution in [0.3, 0.4) is 0 Å². The third kappa shape index (κ3) is 3.62. The number of anilines is 1. The molecular formula is C12H14F3NO2S. The molecule has 1 unspecified atom stereocenters. The number of benzene rings is 1. The lowest BCUT2D eigenvalue weighted by Gasteiger charge is -2.16. The molecule has 0 aliphatic carbocycles. The molecule has 1 aliphatic heterocycles. The summed E-state index contributed by atoms with van der Waals surface area (Å²) in [6, 6.07) is 5.21. The third-order valence-electron chi connectivity index (χ3n) is 3.14. The van der Waals surface area contributed by atoms with Crippen LogP contribution in [-0.4, -0.2) is 26.5 Å². The summed E-state index contributed by atoms with van der Waals surface area (Å²) in [5.74, 6) is 0.0559. The second-order valence-corrected chi connectivity index (χ2v) is 6.92. The molecule has 0 amide bonds. The van der Waals surface area contributed by atoms with E-state index in [2.05, 4.69) is 5.32 Å². The van der Waals surface area contributed by atoms with Crippen LogP contribution in [-0.2, 0) is 16.0 Å². The fourth-order valence-electron chi connectivity index (χ4n) is 2.17. The first kappa shape index (κ1) is 14.2. The molecule has 1 fully saturated rings. The van der Waals surface area contributed by atoms with Crippen molar-refractivity contribution in [3.05, 3.63) is 29.8 Å². The Kier molecular flexibility index (Phi) is 3.75. The molecule has 19 heavy (non-hydrogen) atoms. The van der Waals surface area contributed by atoms with E-state index in [0.29, 0.717) is 6.42 Å². The van der Waals surface area contributed by atoms with Crippen LogP contribution in [0.4, 0.5) is 18.9 Å². The minimum absolute atomic E-state index is 0.000650. The first-order valence-corrected chi connectivity index (χ1v) is 7.70. The Morgan fingerprint density at radius 3 is 2.53 bits per heavy atom. The number of nitrogens with one attached hydrogen (secondary N) is 1. The van der Waals surface area contributed by atoms with Gasteiger partial charge in [0.25, 0.3) is 0 Å². The highest BCUT2D eigenvalue weighted by Gasteiger charge is 2.33. The first-order valence-electron chi connectivity index (χ1n) is 5.88. The lowest BCUT2D eigenvalue weighted by Crippen LogP contribution is -2.18. The lowest BCUT2D eigenvalue weighted by atomic mass is 10.1. The van der Waals surface area contributed by atoms with Crippen molar-refractivity contribution in [2.75, 3.05) is 23.4 Å². The predicted octanol–water partition coefficient (Wildman–Crippen LogP) is 2.55. The van der Waals surface area contributed by atoms with Crippen molar-refractivity contribution in [1.82, 2.24) is 0 Å². The molecule has 0 radical (unpaired) electrons. The SMILES string of the molecule is O=S1(=O)CCC(CNc2ccccc2C(F)(F)F)C1. The van der Waals surface area contributed by atoms with Crippen molar-refractivity contribution in [2.24, 2.45) is 5.92 Å². The zero-order valence-electron chi connectivity index (χ0n) is 10.1. The quantitative estimate of drug-likeness (QED) is 0.931. The standard InChI is InChI=1S/C12H14F3NO2S/c13-12(14,15)10-3-1-2-4-11(10)16-7-9-5-6-19(17,18)8-9/h1-4,9,16H,5-8H2. The van der Waals surface area contributed by atoms with Crippen LogP contribution in [0.2, 0.25) is 0 Å². The molecule has 1 atom stereocenters. The molecule has 3 nitrogen and oxygen atoms in total. The number of sulfone groups is 1. The van der Waals surface area contributed by atoms with Crippen molar-refractivity contribution in [3.8, 4) is 0 Å². The Hall–Kier alpha value is -1.24. The minimum atomic E-state index is -4.41. The van der Waals surface area contributed by atoms with Gasteiger partial charge in [0, 0.05) is 12.2 Å². The summed E-state index contributed by atoms with van der Waals surface area (Å²) in [4.78, 5) is 0. The minimum Gasteiger partial charge on any atom is -0.384 e. The number of hydrogen-bond acceptors (Lipinski definition) is 3. The largest absolute Gasteiger partial charge is 0.418 e. The van der Waals surface area contributed by atoms with E-state index in [-0.39, 0.29) is 29.7 Å². The van der Waals surface area contributed by atoms with Crippen molar-refractivity contribution in [3.63, 3.8) is 0 Å². The molecule has 0 aromatic heterocycles. The molecule has 1 saturated heterocycles. The first-order chi connectivity index (χ1) is 8.78. The number of alkyl halides is 3. The van der Waals surface area contributed by atoms with E-state index >= 15 is 0 Å². The molecule has 1 N–H and O–H groups in total. The molecule has 1 heterocycles. The fraction of sp³-hybridized carbons (Fsp3) is 0.500. The number of rotatable bonds is 3. The Balaban J connectivity index is 2.05. The van der Waals surface area contributed by atoms with Crippen LogP contribution in [0, 0.1) is 5.92 Å². The Labute approximate surface area is 109 Å². The molecule has 7 heteroatoms. The number of halogens is 3. The smallest absolute Gasteiger partial charge is 0.384 e. The summed E-state index contributed by atoms with van der Waals surface area (Å²) in [7, 11) is -3.00. The van der Waals surface area contributed by atoms with Crippen molar-refractivity contribution >= 4 is 15.5 Å². The van der Waals surface area contributed by atoms with Gasteiger partial charge in [-0.1, -0.05) is 12.1 Å². The molecule has 1 aromatic rings. The van der Waals surface area contributed by atoms with E-state index in [1.165, 1.54) is 18.2 Å². The zero-order chi connectivity index (χ0) is 14.1. The van der Waals surface area contributed by atoms with Crippen molar-refractivity contribution in [2.45, 2.75) is 12.6 Å². The molecule has 0 bridgehead atoms. The van der Waals surface area contributed by atoms with Gasteiger partial charge in [-0.2, -0.15) is 13.2 Å². The van der Waals surface area contributed by atoms with E-state index < -0.39 is 21.6 Å². The fourth-order valence-corrected chi connectivity index (χ4v) is 4.03. The highest BCUT2D eigenvalue weighted by atomic mass is 32.2. The highest BCUT2D eigenvalue weighted by Crippen LogP contribution is 2.34. The van der Waals surface area contributed by atoms with Crippen LogP contribution in [0.25, 0.3) is 0 Å². The average molecular weight is 293 g/mol. The van der Waals surface area contributed by atoms with Gasteiger partial charge in [-0.25, -0.2) is 8.42 Å². The average Bonchev–Trinajstić information content (AvgIpc) is 2.66. The van der Waals surface area contributed by atoms with E-state index in [9.17, 15) is 21.6 Å². The molecule has 0 spiro atoms. The van der Waals surface area contributed by atoms with Crippen molar-refractivity contribution < 1.29 is 21.6 Å². The van der Waals surface area contributed by atoms with Gasteiger partial charge in [0.15, 0.2) is 9.84 Å². The van der Waals surface area contributed by atoms with Crippen LogP contribution in [0.5, 0.6) is 0 Å². The van der Waals surface area contributed by atoms with Crippen LogP contribution < -0.4 is 5.32 Å². The maximum absolute atomic E-state index is 12.7. The van der Waals surface area contributed by atoms with E-state index in [0.717, 1.165) is 6.07 Å². The molecular weight excluding hydrogens is 279 g/mol. The maximum atomic E-state index is 12.7. The normalized spacial score (nSPS) is 22.4. The Bertz CT molecular complexity index is 554. The number of para-hydroxylation sites is 1. The van der Waals surface area contributed by atoms with Gasteiger partial charge in [0.2, 0.25) is 0 Å². The van der Waals surface area contributed by atoms with Crippen LogP contribution >= 0.6 is 0 Å². The summed E-state index contributed by atoms with van der Waals surface area (Å²) in [6.45, 7) is 0.242. The Morgan fingerprint density at radius 2 is 1.95 bits per heavy atom. The van der Waals surface area contributed by atoms with Crippen LogP contribution in [0.15, 0.2) is 24.3 Å². The summed E-state index contributed by atoms with van der Waals surface area (Å²) in [5.41, 5.74) is -0.727. The van der Waals surface area contributed by atoms with E-state index in [1.807, 2.05) is 0 Å². The van der Waals surface area contributed by atoms with Crippen molar-refractivity contribution in [1.29, 1.82) is 0 Å². The van der Waals surface area contributed by atoms with Gasteiger partial charge in [-0.15, -0.1) is 0 Å². The van der Waals surface area contributed by atoms with Gasteiger partial charge >= 0.3 is 6.18 Å². The van der Waals surface area contributed by atoms with Gasteiger partial charge in [-0.3, -0.25) is 0 Å². The van der Waals surface area contributed by atoms with Gasteiger partial charge in [0.1, 0.15) is 0 Å². The maximum Gasteiger partial charge on any atom is 0.418 e. The summed E-state index contributed by atoms with van der Waals surface area (Å²) >= 11 is 0. The zero-order valence-corrected chi connectivity index (χ0v) is 10.9. The van der Waals surface area contributed by atoms with E-state index in [4.69, 9.17) is 0 Å². The second-order valence-electron chi connectivity index (χ2n) is 4.69. The molecule has 1 aliphatic rings. The Morgan fingerprint density at radius 1 is 1.26 bits per heavy atom. The predicted molar refractivity (Wildman–Crippen MR) is 66.7 cm³/mol. The lowest BCUT2D eigenvalue weighted by molar-refractivity contribution is -0.136. The summed E-state index contributed by atoms with van der Waals surface area (Å²) < 4.78 is 60.7. The number of hydrogen-bond donors (Lipinski definition) is 1. The topological polar surface area (TPSA) is 46.2 Å². The summed E-state index contributed by atoms with van der Waals surface area (Å²) in [5, 5.41) is 2.72. The van der Waals surface area contributed by atoms with Gasteiger partial charge < -0.3 is 5.32 Å². The molecule has 0 saturated carbocycles. The van der Waals surface area contributed by atoms with Gasteiger partial charge in [-0.05, 0) is 24.5 Å². The highest BCUT2D eigenvalue weighted by molar-refractivity contribution is 7.91. The van der Waals surface area contributed by atoms with Gasteiger partial charge in [0.05, 0.1) is 17.1 Å². The van der Waals surface area contributed by atoms with Crippen LogP contribution in [0.1, 0.15) is 12.0 Å². The third-order valence-corrected chi connectivity index (χ3v) is 4.98.